The number of halogens is 1. The van der Waals surface area contributed by atoms with Crippen LogP contribution in [-0.4, -0.2) is 12.0 Å². The first-order valence-corrected chi connectivity index (χ1v) is 10.3. The van der Waals surface area contributed by atoms with E-state index in [2.05, 4.69) is 40.4 Å². The highest BCUT2D eigenvalue weighted by molar-refractivity contribution is 5.30. The van der Waals surface area contributed by atoms with Gasteiger partial charge in [-0.25, -0.2) is 4.39 Å². The standard InChI is InChI=1S/C26H30FN3/c1-18-16-23(13-14-24(18)27)25(15-12-21-11-10-19(2)29-17-21)30-26(20(3)28-4)22-8-6-5-7-9-22/h5-11,13-14,16-17,25-26,28,30H,3,12,15H2,1-2,4H3/t25-,26-/m0/s1. The lowest BCUT2D eigenvalue weighted by Gasteiger charge is -2.28. The first-order chi connectivity index (χ1) is 14.5. The van der Waals surface area contributed by atoms with Gasteiger partial charge in [-0.3, -0.25) is 10.3 Å². The van der Waals surface area contributed by atoms with Crippen molar-refractivity contribution < 1.29 is 4.39 Å². The average molecular weight is 404 g/mol. The third-order valence-electron chi connectivity index (χ3n) is 5.45. The first-order valence-electron chi connectivity index (χ1n) is 10.3. The van der Waals surface area contributed by atoms with Gasteiger partial charge in [-0.1, -0.05) is 55.1 Å². The van der Waals surface area contributed by atoms with Gasteiger partial charge < -0.3 is 5.32 Å². The van der Waals surface area contributed by atoms with Gasteiger partial charge in [0, 0.05) is 30.7 Å². The molecule has 30 heavy (non-hydrogen) atoms. The van der Waals surface area contributed by atoms with Gasteiger partial charge in [0.1, 0.15) is 5.82 Å². The Kier molecular flexibility index (Phi) is 7.36. The van der Waals surface area contributed by atoms with Crippen molar-refractivity contribution in [1.82, 2.24) is 15.6 Å². The molecule has 0 unspecified atom stereocenters. The zero-order chi connectivity index (χ0) is 21.5. The zero-order valence-electron chi connectivity index (χ0n) is 18.0. The van der Waals surface area contributed by atoms with Crippen molar-refractivity contribution in [3.05, 3.63) is 113 Å². The van der Waals surface area contributed by atoms with E-state index in [1.54, 1.807) is 13.0 Å². The number of nitrogens with one attached hydrogen (secondary N) is 2. The minimum atomic E-state index is -0.181. The molecule has 0 fully saturated rings. The van der Waals surface area contributed by atoms with E-state index in [1.807, 2.05) is 56.6 Å². The summed E-state index contributed by atoms with van der Waals surface area (Å²) in [5.74, 6) is -0.181. The highest BCUT2D eigenvalue weighted by atomic mass is 19.1. The Morgan fingerprint density at radius 1 is 1.03 bits per heavy atom. The van der Waals surface area contributed by atoms with Crippen molar-refractivity contribution in [1.29, 1.82) is 0 Å². The SMILES string of the molecule is C=C(NC)[C@H](N[C@@H](CCc1ccc(C)nc1)c1ccc(F)c(C)c1)c1ccccc1. The predicted octanol–water partition coefficient (Wildman–Crippen LogP) is 5.58. The van der Waals surface area contributed by atoms with Gasteiger partial charge >= 0.3 is 0 Å². The highest BCUT2D eigenvalue weighted by Gasteiger charge is 2.21. The number of rotatable bonds is 9. The van der Waals surface area contributed by atoms with E-state index >= 15 is 0 Å². The molecule has 1 heterocycles. The summed E-state index contributed by atoms with van der Waals surface area (Å²) in [5.41, 5.74) is 5.95. The fourth-order valence-electron chi connectivity index (χ4n) is 3.58. The predicted molar refractivity (Wildman–Crippen MR) is 122 cm³/mol. The molecule has 0 radical (unpaired) electrons. The molecule has 0 aliphatic carbocycles. The molecule has 4 heteroatoms. The van der Waals surface area contributed by atoms with E-state index in [4.69, 9.17) is 0 Å². The number of nitrogens with zero attached hydrogens (tertiary/aromatic N) is 1. The molecule has 0 aliphatic rings. The first kappa shape index (κ1) is 21.7. The second kappa shape index (κ2) is 10.2. The Morgan fingerprint density at radius 2 is 1.80 bits per heavy atom. The maximum Gasteiger partial charge on any atom is 0.126 e. The molecule has 2 N–H and O–H groups in total. The molecule has 0 bridgehead atoms. The number of likely N-dealkylation sites (N-methyl/N-ethyl adjacent to an activating group) is 1. The van der Waals surface area contributed by atoms with Crippen LogP contribution in [0.25, 0.3) is 0 Å². The third kappa shape index (κ3) is 5.55. The van der Waals surface area contributed by atoms with Crippen LogP contribution in [0, 0.1) is 19.7 Å². The zero-order valence-corrected chi connectivity index (χ0v) is 18.0. The molecule has 0 aliphatic heterocycles. The van der Waals surface area contributed by atoms with E-state index in [0.29, 0.717) is 5.56 Å². The van der Waals surface area contributed by atoms with Crippen LogP contribution in [0.3, 0.4) is 0 Å². The van der Waals surface area contributed by atoms with Gasteiger partial charge in [-0.05, 0) is 61.1 Å². The van der Waals surface area contributed by atoms with E-state index in [9.17, 15) is 4.39 Å². The van der Waals surface area contributed by atoms with Gasteiger partial charge in [-0.15, -0.1) is 0 Å². The summed E-state index contributed by atoms with van der Waals surface area (Å²) >= 11 is 0. The van der Waals surface area contributed by atoms with E-state index in [-0.39, 0.29) is 17.9 Å². The quantitative estimate of drug-likeness (QED) is 0.490. The Hall–Kier alpha value is -2.98. The fourth-order valence-corrected chi connectivity index (χ4v) is 3.58. The Labute approximate surface area is 179 Å². The van der Waals surface area contributed by atoms with Crippen molar-refractivity contribution in [3.8, 4) is 0 Å². The third-order valence-corrected chi connectivity index (χ3v) is 5.45. The minimum absolute atomic E-state index is 0.0286. The van der Waals surface area contributed by atoms with Crippen LogP contribution in [0.2, 0.25) is 0 Å². The van der Waals surface area contributed by atoms with Crippen LogP contribution >= 0.6 is 0 Å². The van der Waals surface area contributed by atoms with Crippen molar-refractivity contribution in [2.45, 2.75) is 38.8 Å². The molecular weight excluding hydrogens is 373 g/mol. The number of aromatic nitrogens is 1. The number of aryl methyl sites for hydroxylation is 3. The van der Waals surface area contributed by atoms with E-state index in [0.717, 1.165) is 35.4 Å². The molecule has 156 valence electrons. The highest BCUT2D eigenvalue weighted by Crippen LogP contribution is 2.28. The van der Waals surface area contributed by atoms with Gasteiger partial charge in [0.15, 0.2) is 0 Å². The van der Waals surface area contributed by atoms with E-state index < -0.39 is 0 Å². The molecule has 3 nitrogen and oxygen atoms in total. The minimum Gasteiger partial charge on any atom is -0.390 e. The number of pyridine rings is 1. The monoisotopic (exact) mass is 403 g/mol. The van der Waals surface area contributed by atoms with Crippen LogP contribution in [-0.2, 0) is 6.42 Å². The lowest BCUT2D eigenvalue weighted by atomic mass is 9.95. The summed E-state index contributed by atoms with van der Waals surface area (Å²) in [6.07, 6.45) is 3.66. The molecule has 0 spiro atoms. The number of benzene rings is 2. The molecule has 0 saturated heterocycles. The smallest absolute Gasteiger partial charge is 0.126 e. The molecule has 2 aromatic carbocycles. The normalized spacial score (nSPS) is 12.9. The van der Waals surface area contributed by atoms with Crippen molar-refractivity contribution in [3.63, 3.8) is 0 Å². The summed E-state index contributed by atoms with van der Waals surface area (Å²) < 4.78 is 13.9. The molecule has 3 aromatic rings. The molecule has 0 saturated carbocycles. The summed E-state index contributed by atoms with van der Waals surface area (Å²) in [4.78, 5) is 4.41. The maximum atomic E-state index is 13.9. The molecule has 3 rings (SSSR count). The Morgan fingerprint density at radius 3 is 2.43 bits per heavy atom. The second-order valence-electron chi connectivity index (χ2n) is 7.69. The van der Waals surface area contributed by atoms with Gasteiger partial charge in [-0.2, -0.15) is 0 Å². The molecule has 1 aromatic heterocycles. The van der Waals surface area contributed by atoms with Gasteiger partial charge in [0.25, 0.3) is 0 Å². The molecule has 0 amide bonds. The molecular formula is C26H30FN3. The Balaban J connectivity index is 1.89. The number of hydrogen-bond acceptors (Lipinski definition) is 3. The summed E-state index contributed by atoms with van der Waals surface area (Å²) in [7, 11) is 1.88. The average Bonchev–Trinajstić information content (AvgIpc) is 2.77. The van der Waals surface area contributed by atoms with E-state index in [1.165, 1.54) is 5.56 Å². The van der Waals surface area contributed by atoms with Crippen molar-refractivity contribution in [2.75, 3.05) is 7.05 Å². The number of hydrogen-bond donors (Lipinski definition) is 2. The van der Waals surface area contributed by atoms with Crippen LogP contribution in [0.1, 0.15) is 46.5 Å². The maximum absolute atomic E-state index is 13.9. The second-order valence-corrected chi connectivity index (χ2v) is 7.69. The van der Waals surface area contributed by atoms with Crippen LogP contribution in [0.5, 0.6) is 0 Å². The van der Waals surface area contributed by atoms with Gasteiger partial charge in [0.2, 0.25) is 0 Å². The van der Waals surface area contributed by atoms with Crippen LogP contribution in [0.15, 0.2) is 79.1 Å². The summed E-state index contributed by atoms with van der Waals surface area (Å²) in [5, 5.41) is 6.95. The van der Waals surface area contributed by atoms with Crippen LogP contribution < -0.4 is 10.6 Å². The fraction of sp³-hybridized carbons (Fsp3) is 0.269. The Bertz CT molecular complexity index is 967. The largest absolute Gasteiger partial charge is 0.390 e. The van der Waals surface area contributed by atoms with Crippen molar-refractivity contribution in [2.24, 2.45) is 0 Å². The lowest BCUT2D eigenvalue weighted by Crippen LogP contribution is -2.31. The van der Waals surface area contributed by atoms with Gasteiger partial charge in [0.05, 0.1) is 6.04 Å². The van der Waals surface area contributed by atoms with Crippen LogP contribution in [0.4, 0.5) is 4.39 Å². The summed E-state index contributed by atoms with van der Waals surface area (Å²) in [6, 6.07) is 19.7. The molecule has 2 atom stereocenters. The topological polar surface area (TPSA) is 37.0 Å². The summed E-state index contributed by atoms with van der Waals surface area (Å²) in [6.45, 7) is 8.01. The van der Waals surface area contributed by atoms with Crippen molar-refractivity contribution >= 4 is 0 Å². The lowest BCUT2D eigenvalue weighted by molar-refractivity contribution is 0.445.